The van der Waals surface area contributed by atoms with Crippen molar-refractivity contribution in [2.24, 2.45) is 0 Å². The molecule has 0 spiro atoms. The molecule has 0 aliphatic rings. The van der Waals surface area contributed by atoms with Gasteiger partial charge in [-0.25, -0.2) is 8.42 Å². The second-order valence-corrected chi connectivity index (χ2v) is 8.78. The van der Waals surface area contributed by atoms with Crippen LogP contribution in [0.3, 0.4) is 0 Å². The van der Waals surface area contributed by atoms with Crippen molar-refractivity contribution in [2.75, 3.05) is 0 Å². The zero-order chi connectivity index (χ0) is 22.6. The molecule has 0 saturated carbocycles. The van der Waals surface area contributed by atoms with Crippen molar-refractivity contribution in [3.63, 3.8) is 0 Å². The minimum atomic E-state index is -5.09. The van der Waals surface area contributed by atoms with Gasteiger partial charge in [-0.05, 0) is 48.7 Å². The molecule has 31 heavy (non-hydrogen) atoms. The first kappa shape index (κ1) is 20.8. The lowest BCUT2D eigenvalue weighted by Crippen LogP contribution is -2.28. The Labute approximate surface area is 174 Å². The molecule has 0 fully saturated rings. The average Bonchev–Trinajstić information content (AvgIpc) is 2.73. The molecule has 0 radical (unpaired) electrons. The molecular weight excluding hydrogens is 431 g/mol. The first-order chi connectivity index (χ1) is 14.5. The Balaban J connectivity index is 2.13. The van der Waals surface area contributed by atoms with Crippen LogP contribution in [-0.4, -0.2) is 24.3 Å². The fourth-order valence-corrected chi connectivity index (χ4v) is 4.84. The second kappa shape index (κ2) is 7.05. The largest absolute Gasteiger partial charge is 0.454 e. The number of aromatic nitrogens is 1. The molecule has 1 heterocycles. The number of nitrogens with zero attached hydrogens (tertiary/aromatic N) is 1. The van der Waals surface area contributed by atoms with Gasteiger partial charge in [-0.3, -0.25) is 9.59 Å². The number of halogens is 3. The first-order valence-corrected chi connectivity index (χ1v) is 10.5. The molecule has 0 atom stereocenters. The molecule has 4 rings (SSSR count). The van der Waals surface area contributed by atoms with Gasteiger partial charge in [0.1, 0.15) is 0 Å². The summed E-state index contributed by atoms with van der Waals surface area (Å²) in [4.78, 5) is 24.7. The molecule has 5 nitrogen and oxygen atoms in total. The van der Waals surface area contributed by atoms with Crippen molar-refractivity contribution in [1.29, 1.82) is 0 Å². The maximum absolute atomic E-state index is 13.3. The molecular formula is C22H14F3NO4S. The molecule has 1 aromatic heterocycles. The fourth-order valence-electron chi connectivity index (χ4n) is 3.41. The van der Waals surface area contributed by atoms with Crippen LogP contribution in [0.25, 0.3) is 21.7 Å². The summed E-state index contributed by atoms with van der Waals surface area (Å²) in [7, 11) is -4.37. The zero-order valence-electron chi connectivity index (χ0n) is 16.0. The average molecular weight is 445 g/mol. The molecule has 0 aliphatic heterocycles. The van der Waals surface area contributed by atoms with Crippen LogP contribution in [0, 0.1) is 6.92 Å². The van der Waals surface area contributed by atoms with E-state index in [1.54, 1.807) is 25.1 Å². The van der Waals surface area contributed by atoms with Crippen molar-refractivity contribution < 1.29 is 26.4 Å². The highest BCUT2D eigenvalue weighted by Crippen LogP contribution is 2.29. The van der Waals surface area contributed by atoms with Crippen LogP contribution < -0.4 is 5.56 Å². The minimum absolute atomic E-state index is 0.00212. The van der Waals surface area contributed by atoms with Gasteiger partial charge >= 0.3 is 6.18 Å². The van der Waals surface area contributed by atoms with Gasteiger partial charge in [0.15, 0.2) is 0 Å². The Kier molecular flexibility index (Phi) is 4.73. The summed E-state index contributed by atoms with van der Waals surface area (Å²) in [6.45, 7) is 1.77. The predicted octanol–water partition coefficient (Wildman–Crippen LogP) is 4.45. The Bertz CT molecular complexity index is 1520. The lowest BCUT2D eigenvalue weighted by molar-refractivity contribution is -0.0885. The van der Waals surface area contributed by atoms with E-state index < -0.39 is 33.1 Å². The standard InChI is InChI=1S/C22H14F3NO4S/c1-13-6-9-15(10-7-13)31(29,30)26-19-11-8-14(20(27)22(23,24)25)12-18(19)16-4-2-3-5-17(16)21(26)28/h2-12H,1H3. The Hall–Kier alpha value is -3.46. The van der Waals surface area contributed by atoms with E-state index in [1.165, 1.54) is 30.3 Å². The Morgan fingerprint density at radius 1 is 0.871 bits per heavy atom. The molecule has 0 unspecified atom stereocenters. The highest BCUT2D eigenvalue weighted by Gasteiger charge is 2.39. The third-order valence-electron chi connectivity index (χ3n) is 4.93. The Morgan fingerprint density at radius 2 is 1.48 bits per heavy atom. The monoisotopic (exact) mass is 445 g/mol. The van der Waals surface area contributed by atoms with Gasteiger partial charge in [0, 0.05) is 16.3 Å². The summed E-state index contributed by atoms with van der Waals surface area (Å²) >= 11 is 0. The third kappa shape index (κ3) is 3.40. The molecule has 0 saturated heterocycles. The van der Waals surface area contributed by atoms with E-state index >= 15 is 0 Å². The molecule has 0 amide bonds. The van der Waals surface area contributed by atoms with E-state index in [1.807, 2.05) is 0 Å². The quantitative estimate of drug-likeness (QED) is 0.345. The zero-order valence-corrected chi connectivity index (χ0v) is 16.8. The van der Waals surface area contributed by atoms with Gasteiger partial charge in [-0.1, -0.05) is 35.9 Å². The van der Waals surface area contributed by atoms with Crippen molar-refractivity contribution >= 4 is 37.5 Å². The lowest BCUT2D eigenvalue weighted by Gasteiger charge is -2.15. The number of aryl methyl sites for hydroxylation is 1. The predicted molar refractivity (Wildman–Crippen MR) is 110 cm³/mol. The van der Waals surface area contributed by atoms with Gasteiger partial charge < -0.3 is 0 Å². The molecule has 0 aliphatic carbocycles. The maximum Gasteiger partial charge on any atom is 0.454 e. The summed E-state index contributed by atoms with van der Waals surface area (Å²) in [5.74, 6) is -2.06. The molecule has 0 bridgehead atoms. The molecule has 4 aromatic rings. The van der Waals surface area contributed by atoms with Gasteiger partial charge in [0.2, 0.25) is 0 Å². The van der Waals surface area contributed by atoms with Gasteiger partial charge in [0.25, 0.3) is 21.4 Å². The van der Waals surface area contributed by atoms with Crippen LogP contribution in [0.2, 0.25) is 0 Å². The van der Waals surface area contributed by atoms with Crippen LogP contribution in [0.15, 0.2) is 76.4 Å². The number of carbonyl (C=O) groups excluding carboxylic acids is 1. The second-order valence-electron chi connectivity index (χ2n) is 6.99. The summed E-state index contributed by atoms with van der Waals surface area (Å²) in [6.07, 6.45) is -5.09. The van der Waals surface area contributed by atoms with Crippen molar-refractivity contribution in [2.45, 2.75) is 18.0 Å². The van der Waals surface area contributed by atoms with E-state index in [4.69, 9.17) is 0 Å². The number of fused-ring (bicyclic) bond motifs is 3. The number of rotatable bonds is 3. The number of hydrogen-bond acceptors (Lipinski definition) is 4. The molecule has 9 heteroatoms. The van der Waals surface area contributed by atoms with E-state index in [-0.39, 0.29) is 26.6 Å². The smallest absolute Gasteiger partial charge is 0.284 e. The SMILES string of the molecule is Cc1ccc(S(=O)(=O)n2c(=O)c3ccccc3c3cc(C(=O)C(F)(F)F)ccc32)cc1. The Morgan fingerprint density at radius 3 is 2.10 bits per heavy atom. The summed E-state index contributed by atoms with van der Waals surface area (Å²) in [5.41, 5.74) is -0.797. The molecule has 158 valence electrons. The van der Waals surface area contributed by atoms with Gasteiger partial charge in [-0.15, -0.1) is 0 Å². The van der Waals surface area contributed by atoms with Crippen molar-refractivity contribution in [3.8, 4) is 0 Å². The first-order valence-electron chi connectivity index (χ1n) is 9.03. The number of hydrogen-bond donors (Lipinski definition) is 0. The molecule has 3 aromatic carbocycles. The van der Waals surface area contributed by atoms with E-state index in [2.05, 4.69) is 0 Å². The van der Waals surface area contributed by atoms with Crippen LogP contribution in [-0.2, 0) is 10.0 Å². The van der Waals surface area contributed by atoms with Crippen molar-refractivity contribution in [1.82, 2.24) is 3.97 Å². The molecule has 0 N–H and O–H groups in total. The van der Waals surface area contributed by atoms with E-state index in [0.29, 0.717) is 3.97 Å². The number of pyridine rings is 1. The minimum Gasteiger partial charge on any atom is -0.284 e. The van der Waals surface area contributed by atoms with Crippen LogP contribution >= 0.6 is 0 Å². The lowest BCUT2D eigenvalue weighted by atomic mass is 10.0. The normalized spacial score (nSPS) is 12.4. The number of benzene rings is 3. The van der Waals surface area contributed by atoms with Crippen LogP contribution in [0.4, 0.5) is 13.2 Å². The highest BCUT2D eigenvalue weighted by molar-refractivity contribution is 7.90. The fraction of sp³-hybridized carbons (Fsp3) is 0.0909. The van der Waals surface area contributed by atoms with Gasteiger partial charge in [0.05, 0.1) is 10.4 Å². The van der Waals surface area contributed by atoms with E-state index in [0.717, 1.165) is 23.8 Å². The summed E-state index contributed by atoms with van der Waals surface area (Å²) in [5, 5.41) is 0.290. The topological polar surface area (TPSA) is 73.2 Å². The van der Waals surface area contributed by atoms with Crippen molar-refractivity contribution in [3.05, 3.63) is 88.2 Å². The number of alkyl halides is 3. The maximum atomic E-state index is 13.3. The van der Waals surface area contributed by atoms with E-state index in [9.17, 15) is 31.2 Å². The highest BCUT2D eigenvalue weighted by atomic mass is 32.2. The number of carbonyl (C=O) groups is 1. The summed E-state index contributed by atoms with van der Waals surface area (Å²) in [6, 6.07) is 14.7. The van der Waals surface area contributed by atoms with Crippen LogP contribution in [0.5, 0.6) is 0 Å². The number of ketones is 1. The third-order valence-corrected chi connectivity index (χ3v) is 6.64. The summed E-state index contributed by atoms with van der Waals surface area (Å²) < 4.78 is 66.0. The van der Waals surface area contributed by atoms with Crippen LogP contribution in [0.1, 0.15) is 15.9 Å². The number of Topliss-reactive ketones (excluding diaryl/α,β-unsaturated/α-hetero) is 1. The van der Waals surface area contributed by atoms with Gasteiger partial charge in [-0.2, -0.15) is 17.1 Å².